The lowest BCUT2D eigenvalue weighted by Gasteiger charge is -2.16. The molecule has 2 N–H and O–H groups in total. The monoisotopic (exact) mass is 451 g/mol. The maximum atomic E-state index is 6.12. The van der Waals surface area contributed by atoms with Crippen LogP contribution in [0.5, 0.6) is 0 Å². The fraction of sp³-hybridized carbons (Fsp3) is 0.182. The topological polar surface area (TPSA) is 78.9 Å². The highest BCUT2D eigenvalue weighted by atomic mass is 35.5. The van der Waals surface area contributed by atoms with Crippen LogP contribution in [0.15, 0.2) is 54.7 Å². The van der Waals surface area contributed by atoms with Crippen molar-refractivity contribution in [1.29, 1.82) is 0 Å². The predicted molar refractivity (Wildman–Crippen MR) is 126 cm³/mol. The van der Waals surface area contributed by atoms with E-state index in [0.717, 1.165) is 53.9 Å². The van der Waals surface area contributed by atoms with Gasteiger partial charge in [0.05, 0.1) is 5.52 Å². The molecule has 1 aliphatic rings. The molecule has 3 heterocycles. The third-order valence-electron chi connectivity index (χ3n) is 5.11. The molecule has 156 valence electrons. The number of hydrogen-bond acceptors (Lipinski definition) is 7. The summed E-state index contributed by atoms with van der Waals surface area (Å²) in [5, 5.41) is 8.49. The first-order valence-electron chi connectivity index (χ1n) is 9.99. The fourth-order valence-corrected chi connectivity index (χ4v) is 3.93. The van der Waals surface area contributed by atoms with Crippen LogP contribution in [0.3, 0.4) is 0 Å². The summed E-state index contributed by atoms with van der Waals surface area (Å²) in [4.78, 5) is 19.5. The summed E-state index contributed by atoms with van der Waals surface area (Å²) in [5.74, 6) is 1.04. The van der Waals surface area contributed by atoms with E-state index >= 15 is 0 Å². The largest absolute Gasteiger partial charge is 0.355 e. The van der Waals surface area contributed by atoms with Crippen LogP contribution in [-0.4, -0.2) is 33.0 Å². The Balaban J connectivity index is 1.33. The van der Waals surface area contributed by atoms with Crippen LogP contribution in [-0.2, 0) is 0 Å². The lowest BCUT2D eigenvalue weighted by molar-refractivity contribution is 0.883. The van der Waals surface area contributed by atoms with E-state index in [0.29, 0.717) is 16.9 Å². The van der Waals surface area contributed by atoms with Crippen molar-refractivity contribution in [3.8, 4) is 0 Å². The standard InChI is InChI=1S/C22H19Cl2N7/c23-14-3-8-17-18(9-10-25-19(17)13-14)26-15-4-6-16(7-5-15)27-21-28-20(24)29-22(30-21)31-11-1-2-12-31/h3-10,13H,1-2,11-12H2,(H,25,26)(H,27,28,29,30). The summed E-state index contributed by atoms with van der Waals surface area (Å²) in [6.45, 7) is 1.88. The predicted octanol–water partition coefficient (Wildman–Crippen LogP) is 5.81. The number of fused-ring (bicyclic) bond motifs is 1. The van der Waals surface area contributed by atoms with E-state index in [2.05, 4.69) is 35.5 Å². The van der Waals surface area contributed by atoms with Gasteiger partial charge in [-0.15, -0.1) is 0 Å². The third-order valence-corrected chi connectivity index (χ3v) is 5.51. The van der Waals surface area contributed by atoms with Crippen LogP contribution in [0.25, 0.3) is 10.9 Å². The van der Waals surface area contributed by atoms with Crippen LogP contribution in [0.4, 0.5) is 29.0 Å². The number of pyridine rings is 1. The molecule has 1 fully saturated rings. The minimum Gasteiger partial charge on any atom is -0.355 e. The smallest absolute Gasteiger partial charge is 0.233 e. The van der Waals surface area contributed by atoms with Crippen molar-refractivity contribution < 1.29 is 0 Å². The van der Waals surface area contributed by atoms with E-state index in [1.807, 2.05) is 48.5 Å². The van der Waals surface area contributed by atoms with E-state index in [-0.39, 0.29) is 5.28 Å². The summed E-state index contributed by atoms with van der Waals surface area (Å²) in [6, 6.07) is 15.5. The van der Waals surface area contributed by atoms with Crippen molar-refractivity contribution in [2.24, 2.45) is 0 Å². The van der Waals surface area contributed by atoms with Gasteiger partial charge in [0.1, 0.15) is 0 Å². The number of nitrogens with one attached hydrogen (secondary N) is 2. The Bertz CT molecular complexity index is 1220. The van der Waals surface area contributed by atoms with E-state index in [1.54, 1.807) is 6.20 Å². The number of hydrogen-bond donors (Lipinski definition) is 2. The molecule has 9 heteroatoms. The average molecular weight is 452 g/mol. The second-order valence-corrected chi connectivity index (χ2v) is 8.04. The van der Waals surface area contributed by atoms with Crippen molar-refractivity contribution in [1.82, 2.24) is 19.9 Å². The van der Waals surface area contributed by atoms with Crippen LogP contribution in [0.1, 0.15) is 12.8 Å². The molecule has 0 amide bonds. The molecule has 1 aliphatic heterocycles. The zero-order chi connectivity index (χ0) is 21.2. The molecule has 2 aromatic heterocycles. The zero-order valence-electron chi connectivity index (χ0n) is 16.5. The third kappa shape index (κ3) is 4.47. The molecule has 4 aromatic rings. The van der Waals surface area contributed by atoms with Gasteiger partial charge in [0.15, 0.2) is 0 Å². The SMILES string of the molecule is Clc1ccc2c(Nc3ccc(Nc4nc(Cl)nc(N5CCCC5)n4)cc3)ccnc2c1. The first-order valence-corrected chi connectivity index (χ1v) is 10.7. The molecule has 0 atom stereocenters. The summed E-state index contributed by atoms with van der Waals surface area (Å²) in [7, 11) is 0. The van der Waals surface area contributed by atoms with E-state index in [9.17, 15) is 0 Å². The molecule has 7 nitrogen and oxygen atoms in total. The maximum absolute atomic E-state index is 6.12. The van der Waals surface area contributed by atoms with Gasteiger partial charge in [-0.3, -0.25) is 4.98 Å². The number of halogens is 2. The lowest BCUT2D eigenvalue weighted by Crippen LogP contribution is -2.21. The van der Waals surface area contributed by atoms with Gasteiger partial charge >= 0.3 is 0 Å². The fourth-order valence-electron chi connectivity index (χ4n) is 3.61. The average Bonchev–Trinajstić information content (AvgIpc) is 3.30. The van der Waals surface area contributed by atoms with Crippen molar-refractivity contribution in [2.75, 3.05) is 28.6 Å². The molecule has 0 bridgehead atoms. The van der Waals surface area contributed by atoms with Crippen LogP contribution in [0.2, 0.25) is 10.3 Å². The van der Waals surface area contributed by atoms with Gasteiger partial charge < -0.3 is 15.5 Å². The first kappa shape index (κ1) is 19.8. The summed E-state index contributed by atoms with van der Waals surface area (Å²) in [6.07, 6.45) is 4.04. The van der Waals surface area contributed by atoms with Crippen molar-refractivity contribution >= 4 is 63.1 Å². The Labute approximate surface area is 189 Å². The number of benzene rings is 2. The van der Waals surface area contributed by atoms with Gasteiger partial charge in [0.2, 0.25) is 17.2 Å². The molecule has 0 saturated carbocycles. The van der Waals surface area contributed by atoms with Gasteiger partial charge in [0.25, 0.3) is 0 Å². The highest BCUT2D eigenvalue weighted by molar-refractivity contribution is 6.31. The van der Waals surface area contributed by atoms with Crippen LogP contribution < -0.4 is 15.5 Å². The van der Waals surface area contributed by atoms with Crippen LogP contribution in [0, 0.1) is 0 Å². The Hall–Kier alpha value is -3.16. The van der Waals surface area contributed by atoms with Crippen LogP contribution >= 0.6 is 23.2 Å². The minimum absolute atomic E-state index is 0.183. The Morgan fingerprint density at radius 2 is 1.55 bits per heavy atom. The van der Waals surface area contributed by atoms with Crippen molar-refractivity contribution in [3.05, 3.63) is 65.0 Å². The summed E-state index contributed by atoms with van der Waals surface area (Å²) >= 11 is 12.2. The molecular weight excluding hydrogens is 433 g/mol. The van der Waals surface area contributed by atoms with Gasteiger partial charge in [-0.05, 0) is 73.0 Å². The summed E-state index contributed by atoms with van der Waals surface area (Å²) in [5.41, 5.74) is 3.60. The Morgan fingerprint density at radius 3 is 2.32 bits per heavy atom. The van der Waals surface area contributed by atoms with Crippen molar-refractivity contribution in [2.45, 2.75) is 12.8 Å². The van der Waals surface area contributed by atoms with Gasteiger partial charge in [-0.1, -0.05) is 11.6 Å². The molecule has 0 unspecified atom stereocenters. The molecule has 0 spiro atoms. The molecule has 1 saturated heterocycles. The highest BCUT2D eigenvalue weighted by Crippen LogP contribution is 2.28. The Kier molecular flexibility index (Phi) is 5.44. The molecule has 5 rings (SSSR count). The maximum Gasteiger partial charge on any atom is 0.233 e. The number of anilines is 5. The molecule has 0 radical (unpaired) electrons. The molecule has 0 aliphatic carbocycles. The van der Waals surface area contributed by atoms with E-state index < -0.39 is 0 Å². The minimum atomic E-state index is 0.183. The zero-order valence-corrected chi connectivity index (χ0v) is 18.0. The highest BCUT2D eigenvalue weighted by Gasteiger charge is 2.17. The normalized spacial score (nSPS) is 13.5. The number of nitrogens with zero attached hydrogens (tertiary/aromatic N) is 5. The van der Waals surface area contributed by atoms with Gasteiger partial charge in [0, 0.05) is 46.8 Å². The van der Waals surface area contributed by atoms with Gasteiger partial charge in [-0.2, -0.15) is 15.0 Å². The second-order valence-electron chi connectivity index (χ2n) is 7.27. The Morgan fingerprint density at radius 1 is 0.806 bits per heavy atom. The number of rotatable bonds is 5. The lowest BCUT2D eigenvalue weighted by atomic mass is 10.2. The molecule has 31 heavy (non-hydrogen) atoms. The second kappa shape index (κ2) is 8.53. The molecule has 2 aromatic carbocycles. The first-order chi connectivity index (χ1) is 15.1. The number of aromatic nitrogens is 4. The van der Waals surface area contributed by atoms with Gasteiger partial charge in [-0.25, -0.2) is 0 Å². The molecular formula is C22H19Cl2N7. The van der Waals surface area contributed by atoms with E-state index in [1.165, 1.54) is 0 Å². The van der Waals surface area contributed by atoms with E-state index in [4.69, 9.17) is 23.2 Å². The summed E-state index contributed by atoms with van der Waals surface area (Å²) < 4.78 is 0. The van der Waals surface area contributed by atoms with Crippen molar-refractivity contribution in [3.63, 3.8) is 0 Å². The quantitative estimate of drug-likeness (QED) is 0.395.